The van der Waals surface area contributed by atoms with Gasteiger partial charge < -0.3 is 8.98 Å². The van der Waals surface area contributed by atoms with E-state index in [1.54, 1.807) is 29.9 Å². The lowest BCUT2D eigenvalue weighted by atomic mass is 10.1. The van der Waals surface area contributed by atoms with Gasteiger partial charge in [-0.2, -0.15) is 0 Å². The second kappa shape index (κ2) is 7.62. The second-order valence-electron chi connectivity index (χ2n) is 6.11. The molecule has 3 heterocycles. The molecular formula is C15H18N4O5S2. The summed E-state index contributed by atoms with van der Waals surface area (Å²) in [5.41, 5.74) is 0.384. The lowest BCUT2D eigenvalue weighted by Gasteiger charge is -2.04. The third kappa shape index (κ3) is 4.73. The first-order chi connectivity index (χ1) is 12.3. The summed E-state index contributed by atoms with van der Waals surface area (Å²) >= 11 is 1.02. The van der Waals surface area contributed by atoms with Crippen LogP contribution in [0.4, 0.5) is 0 Å². The molecule has 0 spiro atoms. The zero-order chi connectivity index (χ0) is 18.7. The van der Waals surface area contributed by atoms with Crippen LogP contribution >= 0.6 is 11.8 Å². The van der Waals surface area contributed by atoms with Crippen LogP contribution in [0.1, 0.15) is 22.8 Å². The van der Waals surface area contributed by atoms with Gasteiger partial charge in [-0.05, 0) is 24.5 Å². The van der Waals surface area contributed by atoms with Gasteiger partial charge in [0, 0.05) is 19.7 Å². The number of sulfone groups is 1. The molecule has 0 aromatic carbocycles. The standard InChI is InChI=1S/C15H18N4O5S2/c1-19-5-2-3-11(19)14(21)16-12(20)8-25-15-18-17-13(24-15)7-10-4-6-26(22,23)9-10/h2-3,5,10H,4,6-9H2,1H3,(H,16,20,21)/t10-/m0/s1. The highest BCUT2D eigenvalue weighted by Crippen LogP contribution is 2.23. The molecule has 1 N–H and O–H groups in total. The van der Waals surface area contributed by atoms with Gasteiger partial charge in [0.2, 0.25) is 11.8 Å². The number of hydrogen-bond donors (Lipinski definition) is 1. The lowest BCUT2D eigenvalue weighted by Crippen LogP contribution is -2.32. The number of nitrogens with one attached hydrogen (secondary N) is 1. The van der Waals surface area contributed by atoms with E-state index < -0.39 is 21.7 Å². The topological polar surface area (TPSA) is 124 Å². The van der Waals surface area contributed by atoms with Crippen LogP contribution in [0.3, 0.4) is 0 Å². The van der Waals surface area contributed by atoms with Gasteiger partial charge >= 0.3 is 0 Å². The summed E-state index contributed by atoms with van der Waals surface area (Å²) in [6, 6.07) is 3.33. The molecule has 1 atom stereocenters. The first kappa shape index (κ1) is 18.6. The Labute approximate surface area is 154 Å². The minimum absolute atomic E-state index is 0.00972. The van der Waals surface area contributed by atoms with E-state index in [9.17, 15) is 18.0 Å². The van der Waals surface area contributed by atoms with E-state index in [2.05, 4.69) is 15.5 Å². The normalized spacial score (nSPS) is 18.7. The maximum Gasteiger partial charge on any atom is 0.277 e. The molecule has 9 nitrogen and oxygen atoms in total. The molecular weight excluding hydrogens is 380 g/mol. The average molecular weight is 398 g/mol. The van der Waals surface area contributed by atoms with Crippen molar-refractivity contribution in [1.82, 2.24) is 20.1 Å². The molecule has 26 heavy (non-hydrogen) atoms. The van der Waals surface area contributed by atoms with Crippen molar-refractivity contribution in [2.75, 3.05) is 17.3 Å². The van der Waals surface area contributed by atoms with Gasteiger partial charge in [0.1, 0.15) is 5.69 Å². The third-order valence-electron chi connectivity index (χ3n) is 3.99. The summed E-state index contributed by atoms with van der Waals surface area (Å²) in [4.78, 5) is 23.8. The van der Waals surface area contributed by atoms with Gasteiger partial charge in [-0.3, -0.25) is 14.9 Å². The Morgan fingerprint density at radius 1 is 1.42 bits per heavy atom. The molecule has 1 saturated heterocycles. The zero-order valence-corrected chi connectivity index (χ0v) is 15.7. The highest BCUT2D eigenvalue weighted by Gasteiger charge is 2.29. The first-order valence-corrected chi connectivity index (χ1v) is 10.7. The molecule has 2 amide bonds. The van der Waals surface area contributed by atoms with Crippen molar-refractivity contribution >= 4 is 33.4 Å². The zero-order valence-electron chi connectivity index (χ0n) is 14.0. The van der Waals surface area contributed by atoms with E-state index in [0.717, 1.165) is 11.8 Å². The van der Waals surface area contributed by atoms with Gasteiger partial charge in [0.05, 0.1) is 17.3 Å². The highest BCUT2D eigenvalue weighted by molar-refractivity contribution is 7.99. The summed E-state index contributed by atoms with van der Waals surface area (Å²) in [6.07, 6.45) is 2.71. The Hall–Kier alpha value is -2.14. The number of carbonyl (C=O) groups is 2. The summed E-state index contributed by atoms with van der Waals surface area (Å²) in [7, 11) is -1.23. The maximum absolute atomic E-state index is 11.9. The van der Waals surface area contributed by atoms with Crippen molar-refractivity contribution in [1.29, 1.82) is 0 Å². The summed E-state index contributed by atoms with van der Waals surface area (Å²) in [5.74, 6) is -0.307. The summed E-state index contributed by atoms with van der Waals surface area (Å²) < 4.78 is 30.0. The Kier molecular flexibility index (Phi) is 5.47. The van der Waals surface area contributed by atoms with Gasteiger partial charge in [-0.1, -0.05) is 11.8 Å². The SMILES string of the molecule is Cn1cccc1C(=O)NC(=O)CSc1nnc(C[C@@H]2CCS(=O)(=O)C2)o1. The van der Waals surface area contributed by atoms with Crippen LogP contribution in [0, 0.1) is 5.92 Å². The minimum atomic E-state index is -2.95. The van der Waals surface area contributed by atoms with E-state index >= 15 is 0 Å². The number of amides is 2. The van der Waals surface area contributed by atoms with Crippen LogP contribution in [0.15, 0.2) is 28.0 Å². The van der Waals surface area contributed by atoms with Crippen LogP contribution in [0.5, 0.6) is 0 Å². The number of imide groups is 1. The fourth-order valence-corrected chi connectivity index (χ4v) is 5.15. The van der Waals surface area contributed by atoms with E-state index in [4.69, 9.17) is 4.42 Å². The van der Waals surface area contributed by atoms with E-state index in [1.807, 2.05) is 0 Å². The van der Waals surface area contributed by atoms with Crippen molar-refractivity contribution < 1.29 is 22.4 Å². The Morgan fingerprint density at radius 3 is 2.88 bits per heavy atom. The monoisotopic (exact) mass is 398 g/mol. The smallest absolute Gasteiger partial charge is 0.277 e. The molecule has 1 fully saturated rings. The van der Waals surface area contributed by atoms with E-state index in [1.165, 1.54) is 0 Å². The molecule has 0 aliphatic carbocycles. The molecule has 2 aromatic heterocycles. The largest absolute Gasteiger partial charge is 0.416 e. The van der Waals surface area contributed by atoms with Gasteiger partial charge in [0.25, 0.3) is 11.1 Å². The molecule has 1 aliphatic rings. The predicted molar refractivity (Wildman–Crippen MR) is 93.4 cm³/mol. The number of nitrogens with zero attached hydrogens (tertiary/aromatic N) is 3. The number of thioether (sulfide) groups is 1. The highest BCUT2D eigenvalue weighted by atomic mass is 32.2. The van der Waals surface area contributed by atoms with Crippen LogP contribution in [0.25, 0.3) is 0 Å². The average Bonchev–Trinajstić information content (AvgIpc) is 3.26. The molecule has 0 radical (unpaired) electrons. The Morgan fingerprint density at radius 2 is 2.23 bits per heavy atom. The lowest BCUT2D eigenvalue weighted by molar-refractivity contribution is -0.117. The molecule has 0 unspecified atom stereocenters. The van der Waals surface area contributed by atoms with Crippen LogP contribution < -0.4 is 5.32 Å². The van der Waals surface area contributed by atoms with Crippen molar-refractivity contribution in [2.45, 2.75) is 18.1 Å². The number of hydrogen-bond acceptors (Lipinski definition) is 8. The molecule has 0 saturated carbocycles. The molecule has 3 rings (SSSR count). The Bertz CT molecular complexity index is 918. The second-order valence-corrected chi connectivity index (χ2v) is 9.26. The molecule has 11 heteroatoms. The number of rotatable bonds is 6. The maximum atomic E-state index is 11.9. The molecule has 140 valence electrons. The number of aromatic nitrogens is 3. The van der Waals surface area contributed by atoms with Crippen LogP contribution in [-0.4, -0.2) is 52.3 Å². The Balaban J connectivity index is 1.46. The van der Waals surface area contributed by atoms with Crippen molar-refractivity contribution in [2.24, 2.45) is 13.0 Å². The summed E-state index contributed by atoms with van der Waals surface area (Å²) in [6.45, 7) is 0. The fourth-order valence-electron chi connectivity index (χ4n) is 2.71. The van der Waals surface area contributed by atoms with Crippen molar-refractivity contribution in [3.63, 3.8) is 0 Å². The molecule has 1 aliphatic heterocycles. The van der Waals surface area contributed by atoms with E-state index in [-0.39, 0.29) is 28.4 Å². The van der Waals surface area contributed by atoms with Gasteiger partial charge in [-0.25, -0.2) is 8.42 Å². The summed E-state index contributed by atoms with van der Waals surface area (Å²) in [5, 5.41) is 10.2. The van der Waals surface area contributed by atoms with Crippen molar-refractivity contribution in [3.05, 3.63) is 29.9 Å². The number of aryl methyl sites for hydroxylation is 1. The molecule has 2 aromatic rings. The molecule has 0 bridgehead atoms. The van der Waals surface area contributed by atoms with Crippen LogP contribution in [0.2, 0.25) is 0 Å². The van der Waals surface area contributed by atoms with Crippen molar-refractivity contribution in [3.8, 4) is 0 Å². The first-order valence-electron chi connectivity index (χ1n) is 7.93. The fraction of sp³-hybridized carbons (Fsp3) is 0.467. The van der Waals surface area contributed by atoms with Gasteiger partial charge in [0.15, 0.2) is 9.84 Å². The van der Waals surface area contributed by atoms with Gasteiger partial charge in [-0.15, -0.1) is 10.2 Å². The quantitative estimate of drug-likeness (QED) is 0.695. The van der Waals surface area contributed by atoms with E-state index in [0.29, 0.717) is 24.4 Å². The predicted octanol–water partition coefficient (Wildman–Crippen LogP) is 0.434. The van der Waals surface area contributed by atoms with Crippen LogP contribution in [-0.2, 0) is 28.1 Å². The minimum Gasteiger partial charge on any atom is -0.416 e. The third-order valence-corrected chi connectivity index (χ3v) is 6.65. The number of carbonyl (C=O) groups excluding carboxylic acids is 2.